The number of rotatable bonds is 4. The van der Waals surface area contributed by atoms with Crippen molar-refractivity contribution in [2.75, 3.05) is 19.6 Å². The van der Waals surface area contributed by atoms with Crippen molar-refractivity contribution in [3.8, 4) is 0 Å². The maximum Gasteiger partial charge on any atom is 0.235 e. The van der Waals surface area contributed by atoms with E-state index in [9.17, 15) is 9.59 Å². The van der Waals surface area contributed by atoms with E-state index in [1.165, 1.54) is 11.1 Å². The zero-order valence-corrected chi connectivity index (χ0v) is 13.7. The summed E-state index contributed by atoms with van der Waals surface area (Å²) in [7, 11) is 0. The monoisotopic (exact) mass is 315 g/mol. The lowest BCUT2D eigenvalue weighted by atomic mass is 9.93. The fraction of sp³-hybridized carbons (Fsp3) is 0.556. The highest BCUT2D eigenvalue weighted by Gasteiger charge is 2.31. The van der Waals surface area contributed by atoms with Crippen molar-refractivity contribution in [3.63, 3.8) is 0 Å². The highest BCUT2D eigenvalue weighted by atomic mass is 16.2. The number of hydrogen-bond donors (Lipinski definition) is 1. The van der Waals surface area contributed by atoms with E-state index in [0.717, 1.165) is 19.5 Å². The first kappa shape index (κ1) is 16.0. The van der Waals surface area contributed by atoms with Crippen molar-refractivity contribution in [2.24, 2.45) is 11.7 Å². The fourth-order valence-electron chi connectivity index (χ4n) is 3.65. The molecule has 2 atom stereocenters. The van der Waals surface area contributed by atoms with E-state index in [-0.39, 0.29) is 17.9 Å². The standard InChI is InChI=1S/C18H25N3O2/c1-13-6-8-21(11-13)17(22)7-9-20-12-15-5-3-2-4-14(15)10-16(20)18(19)23/h2-5,13,16H,6-12H2,1H3,(H2,19,23)/t13?,16-/m0/s1. The SMILES string of the molecule is CC1CCN(C(=O)CCN2Cc3ccccc3C[C@H]2C(N)=O)C1. The Bertz CT molecular complexity index is 602. The molecule has 0 aliphatic carbocycles. The number of amides is 2. The number of nitrogens with zero attached hydrogens (tertiary/aromatic N) is 2. The van der Waals surface area contributed by atoms with Gasteiger partial charge >= 0.3 is 0 Å². The number of hydrogen-bond acceptors (Lipinski definition) is 3. The van der Waals surface area contributed by atoms with Crippen LogP contribution in [0.5, 0.6) is 0 Å². The van der Waals surface area contributed by atoms with Gasteiger partial charge in [0.15, 0.2) is 0 Å². The van der Waals surface area contributed by atoms with Gasteiger partial charge in [0, 0.05) is 32.6 Å². The molecule has 0 radical (unpaired) electrons. The molecule has 0 aromatic heterocycles. The fourth-order valence-corrected chi connectivity index (χ4v) is 3.65. The minimum atomic E-state index is -0.310. The van der Waals surface area contributed by atoms with Crippen LogP contribution >= 0.6 is 0 Å². The first-order valence-electron chi connectivity index (χ1n) is 8.42. The quantitative estimate of drug-likeness (QED) is 0.906. The van der Waals surface area contributed by atoms with Gasteiger partial charge in [-0.25, -0.2) is 0 Å². The van der Waals surface area contributed by atoms with Gasteiger partial charge in [-0.15, -0.1) is 0 Å². The van der Waals surface area contributed by atoms with E-state index < -0.39 is 0 Å². The highest BCUT2D eigenvalue weighted by molar-refractivity contribution is 5.81. The summed E-state index contributed by atoms with van der Waals surface area (Å²) in [6, 6.07) is 7.83. The molecular weight excluding hydrogens is 290 g/mol. The maximum atomic E-state index is 12.3. The smallest absolute Gasteiger partial charge is 0.235 e. The number of carbonyl (C=O) groups excluding carboxylic acids is 2. The van der Waals surface area contributed by atoms with Crippen molar-refractivity contribution in [2.45, 2.75) is 38.8 Å². The van der Waals surface area contributed by atoms with Crippen LogP contribution in [0.25, 0.3) is 0 Å². The zero-order valence-electron chi connectivity index (χ0n) is 13.7. The van der Waals surface area contributed by atoms with Crippen LogP contribution in [0.3, 0.4) is 0 Å². The summed E-state index contributed by atoms with van der Waals surface area (Å²) in [5.74, 6) is 0.484. The van der Waals surface area contributed by atoms with Gasteiger partial charge in [-0.1, -0.05) is 31.2 Å². The second-order valence-corrected chi connectivity index (χ2v) is 6.85. The predicted octanol–water partition coefficient (Wildman–Crippen LogP) is 1.16. The second kappa shape index (κ2) is 6.71. The average Bonchev–Trinajstić information content (AvgIpc) is 2.98. The minimum Gasteiger partial charge on any atom is -0.368 e. The molecule has 5 nitrogen and oxygen atoms in total. The van der Waals surface area contributed by atoms with E-state index in [1.807, 2.05) is 17.0 Å². The zero-order chi connectivity index (χ0) is 16.4. The third kappa shape index (κ3) is 3.55. The third-order valence-electron chi connectivity index (χ3n) is 5.06. The van der Waals surface area contributed by atoms with Gasteiger partial charge in [0.25, 0.3) is 0 Å². The van der Waals surface area contributed by atoms with Crippen LogP contribution in [0.4, 0.5) is 0 Å². The Labute approximate surface area is 137 Å². The van der Waals surface area contributed by atoms with Crippen LogP contribution in [0.2, 0.25) is 0 Å². The van der Waals surface area contributed by atoms with Gasteiger partial charge in [0.05, 0.1) is 6.04 Å². The molecule has 1 saturated heterocycles. The molecule has 1 aromatic carbocycles. The molecule has 2 heterocycles. The molecule has 2 aliphatic rings. The highest BCUT2D eigenvalue weighted by Crippen LogP contribution is 2.24. The van der Waals surface area contributed by atoms with Crippen molar-refractivity contribution >= 4 is 11.8 Å². The topological polar surface area (TPSA) is 66.6 Å². The molecule has 0 spiro atoms. The van der Waals surface area contributed by atoms with Crippen LogP contribution < -0.4 is 5.73 Å². The summed E-state index contributed by atoms with van der Waals surface area (Å²) in [5, 5.41) is 0. The molecule has 23 heavy (non-hydrogen) atoms. The van der Waals surface area contributed by atoms with E-state index in [1.54, 1.807) is 0 Å². The largest absolute Gasteiger partial charge is 0.368 e. The Morgan fingerprint density at radius 1 is 1.26 bits per heavy atom. The van der Waals surface area contributed by atoms with Gasteiger partial charge in [-0.3, -0.25) is 14.5 Å². The van der Waals surface area contributed by atoms with Crippen LogP contribution in [-0.2, 0) is 22.6 Å². The number of benzene rings is 1. The lowest BCUT2D eigenvalue weighted by Crippen LogP contribution is -2.49. The number of fused-ring (bicyclic) bond motifs is 1. The summed E-state index contributed by atoms with van der Waals surface area (Å²) in [6.07, 6.45) is 2.19. The number of carbonyl (C=O) groups is 2. The van der Waals surface area contributed by atoms with Crippen molar-refractivity contribution in [3.05, 3.63) is 35.4 Å². The molecule has 2 aliphatic heterocycles. The average molecular weight is 315 g/mol. The molecule has 0 bridgehead atoms. The van der Waals surface area contributed by atoms with Crippen LogP contribution in [0, 0.1) is 5.92 Å². The maximum absolute atomic E-state index is 12.3. The van der Waals surface area contributed by atoms with Crippen molar-refractivity contribution < 1.29 is 9.59 Å². The molecule has 2 N–H and O–H groups in total. The van der Waals surface area contributed by atoms with Gasteiger partial charge < -0.3 is 10.6 Å². The van der Waals surface area contributed by atoms with E-state index in [2.05, 4.69) is 24.0 Å². The molecule has 2 amide bonds. The van der Waals surface area contributed by atoms with Gasteiger partial charge in [-0.2, -0.15) is 0 Å². The second-order valence-electron chi connectivity index (χ2n) is 6.85. The van der Waals surface area contributed by atoms with Gasteiger partial charge in [0.1, 0.15) is 0 Å². The van der Waals surface area contributed by atoms with Gasteiger partial charge in [-0.05, 0) is 29.9 Å². The predicted molar refractivity (Wildman–Crippen MR) is 88.5 cm³/mol. The van der Waals surface area contributed by atoms with Crippen molar-refractivity contribution in [1.82, 2.24) is 9.80 Å². The summed E-state index contributed by atoms with van der Waals surface area (Å²) in [6.45, 7) is 5.18. The Balaban J connectivity index is 1.64. The summed E-state index contributed by atoms with van der Waals surface area (Å²) < 4.78 is 0. The number of primary amides is 1. The van der Waals surface area contributed by atoms with Crippen molar-refractivity contribution in [1.29, 1.82) is 0 Å². The summed E-state index contributed by atoms with van der Waals surface area (Å²) >= 11 is 0. The Morgan fingerprint density at radius 3 is 2.65 bits per heavy atom. The number of nitrogens with two attached hydrogens (primary N) is 1. The summed E-state index contributed by atoms with van der Waals surface area (Å²) in [4.78, 5) is 28.1. The van der Waals surface area contributed by atoms with Crippen LogP contribution in [0.15, 0.2) is 24.3 Å². The Hall–Kier alpha value is -1.88. The Morgan fingerprint density at radius 2 is 2.00 bits per heavy atom. The lowest BCUT2D eigenvalue weighted by Gasteiger charge is -2.35. The molecule has 5 heteroatoms. The summed E-state index contributed by atoms with van der Waals surface area (Å²) in [5.41, 5.74) is 8.00. The van der Waals surface area contributed by atoms with E-state index in [0.29, 0.717) is 31.8 Å². The molecule has 1 fully saturated rings. The van der Waals surface area contributed by atoms with Crippen LogP contribution in [0.1, 0.15) is 30.9 Å². The molecule has 1 unspecified atom stereocenters. The van der Waals surface area contributed by atoms with E-state index >= 15 is 0 Å². The third-order valence-corrected chi connectivity index (χ3v) is 5.06. The Kier molecular flexibility index (Phi) is 4.66. The first-order chi connectivity index (χ1) is 11.0. The first-order valence-corrected chi connectivity index (χ1v) is 8.42. The molecule has 3 rings (SSSR count). The number of likely N-dealkylation sites (tertiary alicyclic amines) is 1. The lowest BCUT2D eigenvalue weighted by molar-refractivity contribution is -0.132. The molecular formula is C18H25N3O2. The van der Waals surface area contributed by atoms with E-state index in [4.69, 9.17) is 5.73 Å². The van der Waals surface area contributed by atoms with Crippen LogP contribution in [-0.4, -0.2) is 47.3 Å². The molecule has 1 aromatic rings. The van der Waals surface area contributed by atoms with Gasteiger partial charge in [0.2, 0.25) is 11.8 Å². The molecule has 0 saturated carbocycles. The molecule has 124 valence electrons. The minimum absolute atomic E-state index is 0.191. The normalized spacial score (nSPS) is 24.5.